The van der Waals surface area contributed by atoms with Gasteiger partial charge in [-0.3, -0.25) is 4.90 Å². The number of hydrogen-bond donors (Lipinski definition) is 1. The highest BCUT2D eigenvalue weighted by Crippen LogP contribution is 2.30. The number of rotatable bonds is 7. The molecular formula is C14H19BrFNO. The molecule has 0 aromatic heterocycles. The Morgan fingerprint density at radius 3 is 2.72 bits per heavy atom. The maximum atomic E-state index is 13.8. The molecule has 2 nitrogen and oxygen atoms in total. The van der Waals surface area contributed by atoms with Crippen molar-refractivity contribution in [3.63, 3.8) is 0 Å². The fourth-order valence-electron chi connectivity index (χ4n) is 2.14. The van der Waals surface area contributed by atoms with E-state index in [1.54, 1.807) is 6.07 Å². The summed E-state index contributed by atoms with van der Waals surface area (Å²) >= 11 is 3.42. The summed E-state index contributed by atoms with van der Waals surface area (Å²) < 4.78 is 14.6. The van der Waals surface area contributed by atoms with Crippen LogP contribution in [-0.2, 0) is 6.54 Å². The molecule has 1 N–H and O–H groups in total. The summed E-state index contributed by atoms with van der Waals surface area (Å²) in [7, 11) is 0. The molecule has 0 bridgehead atoms. The lowest BCUT2D eigenvalue weighted by Crippen LogP contribution is -2.27. The third-order valence-corrected chi connectivity index (χ3v) is 4.08. The van der Waals surface area contributed by atoms with Crippen molar-refractivity contribution in [2.24, 2.45) is 0 Å². The first-order chi connectivity index (χ1) is 8.72. The predicted octanol–water partition coefficient (Wildman–Crippen LogP) is 3.33. The van der Waals surface area contributed by atoms with Crippen LogP contribution in [0, 0.1) is 5.82 Å². The smallest absolute Gasteiger partial charge is 0.128 e. The van der Waals surface area contributed by atoms with Gasteiger partial charge in [0, 0.05) is 29.2 Å². The lowest BCUT2D eigenvalue weighted by molar-refractivity contribution is 0.226. The summed E-state index contributed by atoms with van der Waals surface area (Å²) in [6.07, 6.45) is 4.22. The monoisotopic (exact) mass is 315 g/mol. The largest absolute Gasteiger partial charge is 0.396 e. The second-order valence-corrected chi connectivity index (χ2v) is 5.69. The number of hydrogen-bond acceptors (Lipinski definition) is 2. The summed E-state index contributed by atoms with van der Waals surface area (Å²) in [6, 6.07) is 5.72. The Hall–Kier alpha value is -0.450. The molecule has 1 aliphatic rings. The third-order valence-electron chi connectivity index (χ3n) is 3.34. The van der Waals surface area contributed by atoms with Gasteiger partial charge < -0.3 is 5.11 Å². The molecule has 4 heteroatoms. The van der Waals surface area contributed by atoms with E-state index in [0.717, 1.165) is 29.4 Å². The van der Waals surface area contributed by atoms with Gasteiger partial charge >= 0.3 is 0 Å². The zero-order valence-corrected chi connectivity index (χ0v) is 12.0. The van der Waals surface area contributed by atoms with Gasteiger partial charge in [-0.2, -0.15) is 0 Å². The molecule has 2 rings (SSSR count). The zero-order chi connectivity index (χ0) is 13.0. The van der Waals surface area contributed by atoms with Crippen LogP contribution >= 0.6 is 15.9 Å². The zero-order valence-electron chi connectivity index (χ0n) is 10.4. The molecule has 0 amide bonds. The molecule has 1 saturated carbocycles. The lowest BCUT2D eigenvalue weighted by Gasteiger charge is -2.22. The number of aliphatic hydroxyl groups is 1. The van der Waals surface area contributed by atoms with Crippen LogP contribution in [0.4, 0.5) is 4.39 Å². The van der Waals surface area contributed by atoms with Crippen molar-refractivity contribution in [3.05, 3.63) is 34.1 Å². The summed E-state index contributed by atoms with van der Waals surface area (Å²) in [6.45, 7) is 1.83. The Kier molecular flexibility index (Phi) is 5.15. The second kappa shape index (κ2) is 6.64. The van der Waals surface area contributed by atoms with Crippen molar-refractivity contribution in [3.8, 4) is 0 Å². The SMILES string of the molecule is OCCCCN(Cc1c(F)cccc1Br)C1CC1. The molecule has 1 aromatic carbocycles. The van der Waals surface area contributed by atoms with E-state index < -0.39 is 0 Å². The first-order valence-corrected chi connectivity index (χ1v) is 7.29. The summed E-state index contributed by atoms with van der Waals surface area (Å²) in [5.41, 5.74) is 0.744. The van der Waals surface area contributed by atoms with Gasteiger partial charge in [0.2, 0.25) is 0 Å². The first-order valence-electron chi connectivity index (χ1n) is 6.50. The van der Waals surface area contributed by atoms with E-state index in [1.807, 2.05) is 6.07 Å². The predicted molar refractivity (Wildman–Crippen MR) is 73.9 cm³/mol. The highest BCUT2D eigenvalue weighted by molar-refractivity contribution is 9.10. The van der Waals surface area contributed by atoms with Crippen molar-refractivity contribution in [1.29, 1.82) is 0 Å². The molecule has 0 radical (unpaired) electrons. The Balaban J connectivity index is 1.99. The van der Waals surface area contributed by atoms with Gasteiger partial charge in [0.15, 0.2) is 0 Å². The third kappa shape index (κ3) is 3.77. The van der Waals surface area contributed by atoms with E-state index in [-0.39, 0.29) is 12.4 Å². The summed E-state index contributed by atoms with van der Waals surface area (Å²) in [5.74, 6) is -0.141. The normalized spacial score (nSPS) is 15.3. The van der Waals surface area contributed by atoms with Crippen molar-refractivity contribution < 1.29 is 9.50 Å². The Morgan fingerprint density at radius 2 is 2.11 bits per heavy atom. The molecule has 0 spiro atoms. The van der Waals surface area contributed by atoms with E-state index in [4.69, 9.17) is 5.11 Å². The number of aliphatic hydroxyl groups excluding tert-OH is 1. The molecular weight excluding hydrogens is 297 g/mol. The fraction of sp³-hybridized carbons (Fsp3) is 0.571. The average molecular weight is 316 g/mol. The van der Waals surface area contributed by atoms with E-state index in [9.17, 15) is 4.39 Å². The Morgan fingerprint density at radius 1 is 1.33 bits per heavy atom. The molecule has 0 atom stereocenters. The summed E-state index contributed by atoms with van der Waals surface area (Å²) in [5, 5.41) is 8.83. The molecule has 0 heterocycles. The first kappa shape index (κ1) is 14.0. The van der Waals surface area contributed by atoms with Crippen molar-refractivity contribution in [1.82, 2.24) is 4.90 Å². The minimum Gasteiger partial charge on any atom is -0.396 e. The van der Waals surface area contributed by atoms with Crippen LogP contribution in [0.1, 0.15) is 31.2 Å². The second-order valence-electron chi connectivity index (χ2n) is 4.83. The average Bonchev–Trinajstić information content (AvgIpc) is 3.16. The van der Waals surface area contributed by atoms with E-state index in [2.05, 4.69) is 20.8 Å². The van der Waals surface area contributed by atoms with Gasteiger partial charge in [-0.05, 0) is 44.4 Å². The minimum absolute atomic E-state index is 0.141. The number of unbranched alkanes of at least 4 members (excludes halogenated alkanes) is 1. The molecule has 0 saturated heterocycles. The molecule has 100 valence electrons. The van der Waals surface area contributed by atoms with Crippen LogP contribution in [0.3, 0.4) is 0 Å². The number of halogens is 2. The van der Waals surface area contributed by atoms with Crippen LogP contribution in [0.15, 0.2) is 22.7 Å². The van der Waals surface area contributed by atoms with Gasteiger partial charge in [-0.25, -0.2) is 4.39 Å². The Bertz CT molecular complexity index is 375. The van der Waals surface area contributed by atoms with Gasteiger partial charge in [-0.15, -0.1) is 0 Å². The molecule has 1 aliphatic carbocycles. The van der Waals surface area contributed by atoms with Crippen LogP contribution in [0.25, 0.3) is 0 Å². The van der Waals surface area contributed by atoms with E-state index >= 15 is 0 Å². The molecule has 0 unspecified atom stereocenters. The van der Waals surface area contributed by atoms with Crippen LogP contribution < -0.4 is 0 Å². The summed E-state index contributed by atoms with van der Waals surface area (Å²) in [4.78, 5) is 2.33. The number of nitrogens with zero attached hydrogens (tertiary/aromatic N) is 1. The topological polar surface area (TPSA) is 23.5 Å². The van der Waals surface area contributed by atoms with E-state index in [0.29, 0.717) is 12.6 Å². The van der Waals surface area contributed by atoms with Crippen LogP contribution in [0.5, 0.6) is 0 Å². The minimum atomic E-state index is -0.141. The maximum absolute atomic E-state index is 13.8. The van der Waals surface area contributed by atoms with Gasteiger partial charge in [-0.1, -0.05) is 22.0 Å². The van der Waals surface area contributed by atoms with Crippen molar-refractivity contribution >= 4 is 15.9 Å². The maximum Gasteiger partial charge on any atom is 0.128 e. The van der Waals surface area contributed by atoms with Crippen molar-refractivity contribution in [2.75, 3.05) is 13.2 Å². The standard InChI is InChI=1S/C14H19BrFNO/c15-13-4-3-5-14(16)12(13)10-17(11-6-7-11)8-1-2-9-18/h3-5,11,18H,1-2,6-10H2. The lowest BCUT2D eigenvalue weighted by atomic mass is 10.2. The molecule has 0 aliphatic heterocycles. The van der Waals surface area contributed by atoms with Crippen LogP contribution in [0.2, 0.25) is 0 Å². The van der Waals surface area contributed by atoms with Crippen molar-refractivity contribution in [2.45, 2.75) is 38.3 Å². The van der Waals surface area contributed by atoms with Gasteiger partial charge in [0.1, 0.15) is 5.82 Å². The Labute approximate surface area is 116 Å². The number of benzene rings is 1. The molecule has 1 fully saturated rings. The molecule has 1 aromatic rings. The fourth-order valence-corrected chi connectivity index (χ4v) is 2.61. The highest BCUT2D eigenvalue weighted by atomic mass is 79.9. The van der Waals surface area contributed by atoms with Gasteiger partial charge in [0.05, 0.1) is 0 Å². The van der Waals surface area contributed by atoms with Crippen LogP contribution in [-0.4, -0.2) is 29.2 Å². The van der Waals surface area contributed by atoms with Gasteiger partial charge in [0.25, 0.3) is 0 Å². The molecule has 18 heavy (non-hydrogen) atoms. The van der Waals surface area contributed by atoms with E-state index in [1.165, 1.54) is 18.9 Å². The highest BCUT2D eigenvalue weighted by Gasteiger charge is 2.29. The quantitative estimate of drug-likeness (QED) is 0.780.